The summed E-state index contributed by atoms with van der Waals surface area (Å²) >= 11 is 0. The van der Waals surface area contributed by atoms with Gasteiger partial charge < -0.3 is 4.79 Å². The van der Waals surface area contributed by atoms with Gasteiger partial charge in [-0.3, -0.25) is 9.97 Å². The second-order valence-electron chi connectivity index (χ2n) is 9.99. The summed E-state index contributed by atoms with van der Waals surface area (Å²) in [6, 6.07) is 13.1. The quantitative estimate of drug-likeness (QED) is 0.332. The number of benzene rings is 1. The third-order valence-corrected chi connectivity index (χ3v) is 7.88. The van der Waals surface area contributed by atoms with E-state index in [4.69, 9.17) is 11.7 Å². The van der Waals surface area contributed by atoms with E-state index in [1.54, 1.807) is 12.4 Å². The Kier molecular flexibility index (Phi) is 5.34. The van der Waals surface area contributed by atoms with Gasteiger partial charge in [-0.1, -0.05) is 32.1 Å². The predicted octanol–water partition coefficient (Wildman–Crippen LogP) is 5.98. The fourth-order valence-electron chi connectivity index (χ4n) is 6.11. The van der Waals surface area contributed by atoms with Crippen LogP contribution in [0.15, 0.2) is 79.0 Å². The summed E-state index contributed by atoms with van der Waals surface area (Å²) in [7, 11) is 0. The fraction of sp³-hybridized carbons (Fsp3) is 0.233. The molecule has 4 aromatic rings. The van der Waals surface area contributed by atoms with Crippen LogP contribution in [0.4, 0.5) is 4.39 Å². The molecule has 0 radical (unpaired) electrons. The fourth-order valence-corrected chi connectivity index (χ4v) is 6.11. The van der Waals surface area contributed by atoms with Gasteiger partial charge in [0.15, 0.2) is 5.78 Å². The molecule has 2 aliphatic carbocycles. The Hall–Kier alpha value is -4.44. The topological polar surface area (TPSA) is 65.0 Å². The number of carbonyl (C=O) groups is 1. The molecule has 3 aromatic heterocycles. The number of ketones is 1. The predicted molar refractivity (Wildman–Crippen MR) is 138 cm³/mol. The first kappa shape index (κ1) is 23.0. The van der Waals surface area contributed by atoms with E-state index in [9.17, 15) is 9.18 Å². The van der Waals surface area contributed by atoms with Crippen molar-refractivity contribution in [2.45, 2.75) is 32.1 Å². The van der Waals surface area contributed by atoms with E-state index in [-0.39, 0.29) is 29.1 Å². The van der Waals surface area contributed by atoms with Crippen LogP contribution in [-0.4, -0.2) is 25.5 Å². The Labute approximate surface area is 214 Å². The lowest BCUT2D eigenvalue weighted by molar-refractivity contribution is -0.121. The number of allylic oxidation sites excluding steroid dienone is 2. The molecule has 0 N–H and O–H groups in total. The van der Waals surface area contributed by atoms with Crippen LogP contribution in [0.25, 0.3) is 32.9 Å². The Balaban J connectivity index is 1.56. The van der Waals surface area contributed by atoms with Crippen molar-refractivity contribution in [2.24, 2.45) is 11.8 Å². The minimum absolute atomic E-state index is 0.0628. The van der Waals surface area contributed by atoms with Crippen molar-refractivity contribution in [1.29, 1.82) is 0 Å². The monoisotopic (exact) mass is 489 g/mol. The largest absolute Gasteiger partial charge is 0.308 e. The van der Waals surface area contributed by atoms with Gasteiger partial charge in [-0.2, -0.15) is 5.10 Å². The van der Waals surface area contributed by atoms with E-state index in [0.717, 1.165) is 46.6 Å². The van der Waals surface area contributed by atoms with Crippen molar-refractivity contribution in [2.75, 3.05) is 0 Å². The van der Waals surface area contributed by atoms with Crippen molar-refractivity contribution in [3.05, 3.63) is 108 Å². The highest BCUT2D eigenvalue weighted by Crippen LogP contribution is 2.52. The van der Waals surface area contributed by atoms with Gasteiger partial charge >= 0.3 is 0 Å². The molecular formula is C30H24FN5O. The Morgan fingerprint density at radius 3 is 2.57 bits per heavy atom. The number of hydrogen-bond donors (Lipinski definition) is 0. The average Bonchev–Trinajstić information content (AvgIpc) is 3.32. The number of Topliss-reactive ketones (excluding diaryl/α,β-unsaturated/α-hetero) is 1. The highest BCUT2D eigenvalue weighted by Gasteiger charge is 2.50. The number of hydrogen-bond acceptors (Lipinski definition) is 4. The molecule has 0 aliphatic heterocycles. The summed E-state index contributed by atoms with van der Waals surface area (Å²) in [5.74, 6) is -0.646. The highest BCUT2D eigenvalue weighted by atomic mass is 19.1. The summed E-state index contributed by atoms with van der Waals surface area (Å²) in [5, 5.41) is 5.09. The SMILES string of the molecule is [C-]#[N+]C1=C[C@@]2(C)c3c(c(-c4cccnc4)nn3-c3ccc(-c4cncc(F)c4)cc3)CC[C@@H]2[C@@H](C)C1=O. The van der Waals surface area contributed by atoms with Crippen LogP contribution in [0.1, 0.15) is 31.5 Å². The van der Waals surface area contributed by atoms with Crippen LogP contribution in [-0.2, 0) is 16.6 Å². The minimum Gasteiger partial charge on any atom is -0.308 e. The molecule has 0 fully saturated rings. The molecule has 6 nitrogen and oxygen atoms in total. The minimum atomic E-state index is -0.542. The van der Waals surface area contributed by atoms with Crippen LogP contribution in [0, 0.1) is 24.2 Å². The number of carbonyl (C=O) groups excluding carboxylic acids is 1. The number of pyridine rings is 2. The zero-order chi connectivity index (χ0) is 25.7. The summed E-state index contributed by atoms with van der Waals surface area (Å²) < 4.78 is 15.7. The molecule has 0 bridgehead atoms. The maximum Gasteiger partial charge on any atom is 0.226 e. The Morgan fingerprint density at radius 1 is 1.08 bits per heavy atom. The molecule has 2 aliphatic rings. The number of rotatable bonds is 3. The molecule has 3 heterocycles. The molecule has 1 aromatic carbocycles. The Bertz CT molecular complexity index is 1600. The van der Waals surface area contributed by atoms with Gasteiger partial charge in [0.25, 0.3) is 0 Å². The van der Waals surface area contributed by atoms with Gasteiger partial charge in [0.05, 0.1) is 29.8 Å². The van der Waals surface area contributed by atoms with E-state index >= 15 is 0 Å². The van der Waals surface area contributed by atoms with Gasteiger partial charge in [0.1, 0.15) is 5.82 Å². The zero-order valence-corrected chi connectivity index (χ0v) is 20.5. The lowest BCUT2D eigenvalue weighted by atomic mass is 9.58. The lowest BCUT2D eigenvalue weighted by Crippen LogP contribution is -2.46. The molecule has 0 saturated heterocycles. The number of halogens is 1. The van der Waals surface area contributed by atoms with Gasteiger partial charge in [-0.05, 0) is 54.7 Å². The molecule has 37 heavy (non-hydrogen) atoms. The van der Waals surface area contributed by atoms with E-state index < -0.39 is 5.41 Å². The van der Waals surface area contributed by atoms with Crippen LogP contribution in [0.5, 0.6) is 0 Å². The molecule has 6 rings (SSSR count). The number of fused-ring (bicyclic) bond motifs is 3. The third kappa shape index (κ3) is 3.60. The lowest BCUT2D eigenvalue weighted by Gasteiger charge is -2.45. The standard InChI is InChI=1S/C30H24FN5O/c1-18-25-11-10-24-27(20-5-4-12-33-15-20)35-36(29(24)30(25,2)14-26(32-3)28(18)37)23-8-6-19(7-9-23)21-13-22(31)17-34-16-21/h4-9,12-18,25H,10-11H2,1-2H3/t18-,25-,30-/m1/s1. The summed E-state index contributed by atoms with van der Waals surface area (Å²) in [6.45, 7) is 11.7. The zero-order valence-electron chi connectivity index (χ0n) is 20.5. The smallest absolute Gasteiger partial charge is 0.226 e. The van der Waals surface area contributed by atoms with Crippen molar-refractivity contribution >= 4 is 5.78 Å². The molecule has 0 spiro atoms. The van der Waals surface area contributed by atoms with Crippen molar-refractivity contribution in [3.8, 4) is 28.1 Å². The van der Waals surface area contributed by atoms with Gasteiger partial charge in [0.2, 0.25) is 5.70 Å². The van der Waals surface area contributed by atoms with Gasteiger partial charge in [0, 0.05) is 46.6 Å². The number of nitrogens with zero attached hydrogens (tertiary/aromatic N) is 5. The maximum absolute atomic E-state index is 13.7. The summed E-state index contributed by atoms with van der Waals surface area (Å²) in [6.07, 6.45) is 9.86. The van der Waals surface area contributed by atoms with Crippen LogP contribution in [0.2, 0.25) is 0 Å². The van der Waals surface area contributed by atoms with Crippen LogP contribution in [0.3, 0.4) is 0 Å². The van der Waals surface area contributed by atoms with Crippen LogP contribution >= 0.6 is 0 Å². The number of aromatic nitrogens is 4. The second kappa shape index (κ2) is 8.59. The molecular weight excluding hydrogens is 465 g/mol. The third-order valence-electron chi connectivity index (χ3n) is 7.88. The van der Waals surface area contributed by atoms with E-state index in [1.165, 1.54) is 12.3 Å². The van der Waals surface area contributed by atoms with Crippen molar-refractivity contribution in [3.63, 3.8) is 0 Å². The second-order valence-corrected chi connectivity index (χ2v) is 9.99. The highest BCUT2D eigenvalue weighted by molar-refractivity contribution is 6.00. The van der Waals surface area contributed by atoms with Gasteiger partial charge in [-0.25, -0.2) is 13.9 Å². The summed E-state index contributed by atoms with van der Waals surface area (Å²) in [5.41, 5.74) is 5.96. The first-order valence-electron chi connectivity index (χ1n) is 12.3. The Morgan fingerprint density at radius 2 is 1.86 bits per heavy atom. The van der Waals surface area contributed by atoms with Crippen molar-refractivity contribution in [1.82, 2.24) is 19.7 Å². The first-order chi connectivity index (χ1) is 17.9. The van der Waals surface area contributed by atoms with Gasteiger partial charge in [-0.15, -0.1) is 0 Å². The average molecular weight is 490 g/mol. The van der Waals surface area contributed by atoms with E-state index in [1.807, 2.05) is 60.3 Å². The molecule has 7 heteroatoms. The first-order valence-corrected chi connectivity index (χ1v) is 12.3. The van der Waals surface area contributed by atoms with Crippen molar-refractivity contribution < 1.29 is 9.18 Å². The molecule has 0 unspecified atom stereocenters. The molecule has 3 atom stereocenters. The van der Waals surface area contributed by atoms with E-state index in [0.29, 0.717) is 5.56 Å². The van der Waals surface area contributed by atoms with Crippen LogP contribution < -0.4 is 0 Å². The van der Waals surface area contributed by atoms with E-state index in [2.05, 4.69) is 21.7 Å². The molecule has 0 saturated carbocycles. The molecule has 0 amide bonds. The summed E-state index contributed by atoms with van der Waals surface area (Å²) in [4.78, 5) is 24.8. The maximum atomic E-state index is 13.7. The normalized spacial score (nSPS) is 22.5. The molecule has 182 valence electrons.